The van der Waals surface area contributed by atoms with E-state index in [0.29, 0.717) is 24.7 Å². The SMILES string of the molecule is COc1ccc(Cc2cnc([C@@H]3CCCN(C(=O)c4nccn4C)C3)o2)cc1. The van der Waals surface area contributed by atoms with Gasteiger partial charge in [0, 0.05) is 39.0 Å². The standard InChI is InChI=1S/C21H24N4O3/c1-24-11-9-22-19(24)21(26)25-10-3-4-16(14-25)20-23-13-18(28-20)12-15-5-7-17(27-2)8-6-15/h5-9,11,13,16H,3-4,10,12,14H2,1-2H3/t16-/m1/s1. The molecule has 0 saturated carbocycles. The van der Waals surface area contributed by atoms with Gasteiger partial charge in [0.15, 0.2) is 11.7 Å². The Bertz CT molecular complexity index is 945. The highest BCUT2D eigenvalue weighted by molar-refractivity contribution is 5.90. The molecule has 0 aliphatic carbocycles. The number of piperidine rings is 1. The average molecular weight is 380 g/mol. The number of aryl methyl sites for hydroxylation is 1. The minimum Gasteiger partial charge on any atom is -0.497 e. The molecule has 3 aromatic rings. The Morgan fingerprint density at radius 3 is 2.82 bits per heavy atom. The van der Waals surface area contributed by atoms with Gasteiger partial charge in [-0.3, -0.25) is 4.79 Å². The fourth-order valence-corrected chi connectivity index (χ4v) is 3.61. The first-order chi connectivity index (χ1) is 13.6. The van der Waals surface area contributed by atoms with Crippen LogP contribution in [0.15, 0.2) is 47.3 Å². The van der Waals surface area contributed by atoms with Crippen molar-refractivity contribution in [3.8, 4) is 5.75 Å². The van der Waals surface area contributed by atoms with Gasteiger partial charge in [0.2, 0.25) is 0 Å². The number of carbonyl (C=O) groups is 1. The fraction of sp³-hybridized carbons (Fsp3) is 0.381. The molecule has 28 heavy (non-hydrogen) atoms. The van der Waals surface area contributed by atoms with E-state index in [0.717, 1.165) is 36.5 Å². The van der Waals surface area contributed by atoms with Gasteiger partial charge in [-0.2, -0.15) is 0 Å². The largest absolute Gasteiger partial charge is 0.497 e. The number of likely N-dealkylation sites (tertiary alicyclic amines) is 1. The molecule has 2 aromatic heterocycles. The summed E-state index contributed by atoms with van der Waals surface area (Å²) in [5, 5.41) is 0. The second-order valence-electron chi connectivity index (χ2n) is 7.14. The van der Waals surface area contributed by atoms with E-state index in [1.807, 2.05) is 36.2 Å². The maximum Gasteiger partial charge on any atom is 0.289 e. The van der Waals surface area contributed by atoms with Crippen molar-refractivity contribution < 1.29 is 13.9 Å². The van der Waals surface area contributed by atoms with Gasteiger partial charge in [-0.15, -0.1) is 0 Å². The zero-order valence-electron chi connectivity index (χ0n) is 16.2. The summed E-state index contributed by atoms with van der Waals surface area (Å²) < 4.78 is 13.0. The third-order valence-electron chi connectivity index (χ3n) is 5.18. The van der Waals surface area contributed by atoms with Crippen LogP contribution in [0.2, 0.25) is 0 Å². The van der Waals surface area contributed by atoms with E-state index in [1.54, 1.807) is 30.3 Å². The van der Waals surface area contributed by atoms with Crippen LogP contribution in [0.1, 0.15) is 46.6 Å². The number of methoxy groups -OCH3 is 1. The predicted octanol–water partition coefficient (Wildman–Crippen LogP) is 3.03. The zero-order chi connectivity index (χ0) is 19.5. The molecule has 0 radical (unpaired) electrons. The molecule has 1 amide bonds. The minimum absolute atomic E-state index is 0.0396. The molecule has 7 heteroatoms. The van der Waals surface area contributed by atoms with Crippen molar-refractivity contribution in [1.29, 1.82) is 0 Å². The molecule has 0 N–H and O–H groups in total. The smallest absolute Gasteiger partial charge is 0.289 e. The highest BCUT2D eigenvalue weighted by Gasteiger charge is 2.29. The zero-order valence-corrected chi connectivity index (χ0v) is 16.2. The Morgan fingerprint density at radius 2 is 2.11 bits per heavy atom. The van der Waals surface area contributed by atoms with Crippen LogP contribution in [0.3, 0.4) is 0 Å². The van der Waals surface area contributed by atoms with Crippen LogP contribution in [0.5, 0.6) is 5.75 Å². The molecule has 1 aliphatic rings. The van der Waals surface area contributed by atoms with Crippen LogP contribution in [0, 0.1) is 0 Å². The molecule has 1 aliphatic heterocycles. The number of hydrogen-bond acceptors (Lipinski definition) is 5. The third-order valence-corrected chi connectivity index (χ3v) is 5.18. The van der Waals surface area contributed by atoms with Gasteiger partial charge in [0.25, 0.3) is 5.91 Å². The van der Waals surface area contributed by atoms with E-state index in [1.165, 1.54) is 0 Å². The molecule has 4 rings (SSSR count). The lowest BCUT2D eigenvalue weighted by molar-refractivity contribution is 0.0682. The van der Waals surface area contributed by atoms with Crippen LogP contribution in [-0.2, 0) is 13.5 Å². The first-order valence-corrected chi connectivity index (χ1v) is 9.48. The number of amides is 1. The van der Waals surface area contributed by atoms with Crippen molar-refractivity contribution in [3.05, 3.63) is 65.9 Å². The van der Waals surface area contributed by atoms with Gasteiger partial charge >= 0.3 is 0 Å². The Morgan fingerprint density at radius 1 is 1.29 bits per heavy atom. The van der Waals surface area contributed by atoms with Crippen LogP contribution in [0.4, 0.5) is 0 Å². The molecular formula is C21H24N4O3. The van der Waals surface area contributed by atoms with E-state index in [9.17, 15) is 4.79 Å². The van der Waals surface area contributed by atoms with Crippen LogP contribution in [-0.4, -0.2) is 45.5 Å². The Labute approximate surface area is 164 Å². The van der Waals surface area contributed by atoms with Gasteiger partial charge in [0.05, 0.1) is 19.2 Å². The first-order valence-electron chi connectivity index (χ1n) is 9.48. The van der Waals surface area contributed by atoms with Gasteiger partial charge < -0.3 is 18.6 Å². The lowest BCUT2D eigenvalue weighted by Gasteiger charge is -2.31. The molecular weight excluding hydrogens is 356 g/mol. The summed E-state index contributed by atoms with van der Waals surface area (Å²) in [6, 6.07) is 7.92. The van der Waals surface area contributed by atoms with E-state index in [2.05, 4.69) is 9.97 Å². The summed E-state index contributed by atoms with van der Waals surface area (Å²) in [5.41, 5.74) is 1.14. The minimum atomic E-state index is -0.0396. The predicted molar refractivity (Wildman–Crippen MR) is 103 cm³/mol. The van der Waals surface area contributed by atoms with Crippen molar-refractivity contribution in [2.45, 2.75) is 25.2 Å². The fourth-order valence-electron chi connectivity index (χ4n) is 3.61. The number of imidazole rings is 1. The molecule has 7 nitrogen and oxygen atoms in total. The summed E-state index contributed by atoms with van der Waals surface area (Å²) in [5.74, 6) is 2.91. The molecule has 0 spiro atoms. The number of benzene rings is 1. The maximum atomic E-state index is 12.7. The number of ether oxygens (including phenoxy) is 1. The topological polar surface area (TPSA) is 73.4 Å². The molecule has 1 fully saturated rings. The summed E-state index contributed by atoms with van der Waals surface area (Å²) in [6.07, 6.45) is 7.80. The average Bonchev–Trinajstić information content (AvgIpc) is 3.37. The van der Waals surface area contributed by atoms with Crippen LogP contribution in [0.25, 0.3) is 0 Å². The normalized spacial score (nSPS) is 16.9. The highest BCUT2D eigenvalue weighted by Crippen LogP contribution is 2.28. The first kappa shape index (κ1) is 18.3. The van der Waals surface area contributed by atoms with Crippen molar-refractivity contribution in [1.82, 2.24) is 19.4 Å². The second-order valence-corrected chi connectivity index (χ2v) is 7.14. The number of rotatable bonds is 5. The Hall–Kier alpha value is -3.09. The van der Waals surface area contributed by atoms with Crippen molar-refractivity contribution in [2.75, 3.05) is 20.2 Å². The molecule has 0 unspecified atom stereocenters. The molecule has 1 saturated heterocycles. The van der Waals surface area contributed by atoms with Gasteiger partial charge in [-0.25, -0.2) is 9.97 Å². The van der Waals surface area contributed by atoms with Gasteiger partial charge in [0.1, 0.15) is 11.5 Å². The van der Waals surface area contributed by atoms with E-state index in [4.69, 9.17) is 9.15 Å². The lowest BCUT2D eigenvalue weighted by Crippen LogP contribution is -2.40. The maximum absolute atomic E-state index is 12.7. The Kier molecular flexibility index (Phi) is 5.14. The summed E-state index contributed by atoms with van der Waals surface area (Å²) in [6.45, 7) is 1.34. The summed E-state index contributed by atoms with van der Waals surface area (Å²) in [4.78, 5) is 23.3. The summed E-state index contributed by atoms with van der Waals surface area (Å²) in [7, 11) is 3.49. The summed E-state index contributed by atoms with van der Waals surface area (Å²) >= 11 is 0. The van der Waals surface area contributed by atoms with Crippen molar-refractivity contribution in [2.24, 2.45) is 7.05 Å². The van der Waals surface area contributed by atoms with Crippen molar-refractivity contribution in [3.63, 3.8) is 0 Å². The number of oxazole rings is 1. The van der Waals surface area contributed by atoms with E-state index in [-0.39, 0.29) is 11.8 Å². The highest BCUT2D eigenvalue weighted by atomic mass is 16.5. The van der Waals surface area contributed by atoms with Crippen LogP contribution < -0.4 is 4.74 Å². The quantitative estimate of drug-likeness (QED) is 0.680. The number of aromatic nitrogens is 3. The molecule has 0 bridgehead atoms. The van der Waals surface area contributed by atoms with E-state index < -0.39 is 0 Å². The number of hydrogen-bond donors (Lipinski definition) is 0. The van der Waals surface area contributed by atoms with Gasteiger partial charge in [-0.05, 0) is 30.5 Å². The molecule has 3 heterocycles. The lowest BCUT2D eigenvalue weighted by atomic mass is 9.98. The van der Waals surface area contributed by atoms with Crippen LogP contribution >= 0.6 is 0 Å². The van der Waals surface area contributed by atoms with Gasteiger partial charge in [-0.1, -0.05) is 12.1 Å². The van der Waals surface area contributed by atoms with Crippen molar-refractivity contribution >= 4 is 5.91 Å². The molecule has 146 valence electrons. The second kappa shape index (κ2) is 7.88. The van der Waals surface area contributed by atoms with E-state index >= 15 is 0 Å². The number of nitrogens with zero attached hydrogens (tertiary/aromatic N) is 4. The number of carbonyl (C=O) groups excluding carboxylic acids is 1. The Balaban J connectivity index is 1.42. The third kappa shape index (κ3) is 3.78. The monoisotopic (exact) mass is 380 g/mol. The molecule has 1 aromatic carbocycles. The molecule has 1 atom stereocenters.